The number of carbonyl (C=O) groups excluding carboxylic acids is 2. The molecule has 1 heterocycles. The number of amides is 3. The summed E-state index contributed by atoms with van der Waals surface area (Å²) in [6.07, 6.45) is 0. The molecule has 0 aliphatic carbocycles. The molecule has 0 bridgehead atoms. The molecule has 1 atom stereocenters. The molecule has 3 amide bonds. The second kappa shape index (κ2) is 5.73. The van der Waals surface area contributed by atoms with Gasteiger partial charge in [-0.1, -0.05) is 22.9 Å². The minimum atomic E-state index is -0.778. The van der Waals surface area contributed by atoms with Crippen LogP contribution in [-0.2, 0) is 4.79 Å². The Morgan fingerprint density at radius 3 is 2.84 bits per heavy atom. The second-order valence-corrected chi connectivity index (χ2v) is 5.81. The number of carbonyl (C=O) groups is 2. The van der Waals surface area contributed by atoms with Gasteiger partial charge in [-0.2, -0.15) is 0 Å². The average Bonchev–Trinajstić information content (AvgIpc) is 2.69. The summed E-state index contributed by atoms with van der Waals surface area (Å²) < 4.78 is 0.847. The van der Waals surface area contributed by atoms with E-state index in [0.29, 0.717) is 10.2 Å². The molecule has 5 nitrogen and oxygen atoms in total. The first-order chi connectivity index (χ1) is 8.95. The molecule has 0 aliphatic rings. The van der Waals surface area contributed by atoms with Crippen molar-refractivity contribution in [1.29, 1.82) is 0 Å². The summed E-state index contributed by atoms with van der Waals surface area (Å²) in [6, 6.07) is 4.56. The molecule has 19 heavy (non-hydrogen) atoms. The number of alkyl halides is 1. The molecule has 8 heteroatoms. The maximum Gasteiger partial charge on any atom is 0.327 e. The second-order valence-electron chi connectivity index (χ2n) is 3.69. The number of nitrogens with zero attached hydrogens (tertiary/aromatic N) is 1. The number of hydrogen-bond donors (Lipinski definition) is 2. The van der Waals surface area contributed by atoms with Gasteiger partial charge >= 0.3 is 6.03 Å². The lowest BCUT2D eigenvalue weighted by Crippen LogP contribution is -2.38. The number of aromatic nitrogens is 1. The Hall–Kier alpha value is -1.37. The molecule has 1 aromatic carbocycles. The van der Waals surface area contributed by atoms with Gasteiger partial charge in [0, 0.05) is 5.02 Å². The number of fused-ring (bicyclic) bond motifs is 1. The zero-order valence-electron chi connectivity index (χ0n) is 9.74. The molecule has 0 fully saturated rings. The van der Waals surface area contributed by atoms with Crippen molar-refractivity contribution < 1.29 is 9.59 Å². The Labute approximate surface area is 122 Å². The predicted molar refractivity (Wildman–Crippen MR) is 77.1 cm³/mol. The largest absolute Gasteiger partial charge is 0.327 e. The summed E-state index contributed by atoms with van der Waals surface area (Å²) in [4.78, 5) is 26.9. The minimum absolute atomic E-state index is 0.379. The topological polar surface area (TPSA) is 71.1 Å². The molecule has 0 saturated carbocycles. The predicted octanol–water partition coefficient (Wildman–Crippen LogP) is 3.23. The Kier molecular flexibility index (Phi) is 4.24. The molecule has 0 radical (unpaired) electrons. The molecule has 1 unspecified atom stereocenters. The van der Waals surface area contributed by atoms with Crippen molar-refractivity contribution in [2.24, 2.45) is 0 Å². The fourth-order valence-corrected chi connectivity index (χ4v) is 2.48. The number of urea groups is 1. The quantitative estimate of drug-likeness (QED) is 0.835. The lowest BCUT2D eigenvalue weighted by atomic mass is 10.3. The van der Waals surface area contributed by atoms with Crippen LogP contribution in [0.5, 0.6) is 0 Å². The molecule has 1 aromatic heterocycles. The Morgan fingerprint density at radius 2 is 2.16 bits per heavy atom. The molecule has 2 N–H and O–H groups in total. The normalized spacial score (nSPS) is 12.2. The van der Waals surface area contributed by atoms with E-state index in [1.807, 2.05) is 0 Å². The van der Waals surface area contributed by atoms with E-state index >= 15 is 0 Å². The summed E-state index contributed by atoms with van der Waals surface area (Å²) in [5.41, 5.74) is 0.724. The third-order valence-electron chi connectivity index (χ3n) is 2.17. The van der Waals surface area contributed by atoms with Crippen molar-refractivity contribution in [3.63, 3.8) is 0 Å². The third kappa shape index (κ3) is 3.56. The summed E-state index contributed by atoms with van der Waals surface area (Å²) >= 11 is 12.7. The monoisotopic (exact) mass is 317 g/mol. The fourth-order valence-electron chi connectivity index (χ4n) is 1.29. The lowest BCUT2D eigenvalue weighted by molar-refractivity contribution is -0.119. The van der Waals surface area contributed by atoms with Gasteiger partial charge in [-0.05, 0) is 25.1 Å². The summed E-state index contributed by atoms with van der Waals surface area (Å²) in [5, 5.41) is 4.77. The number of anilines is 1. The van der Waals surface area contributed by atoms with Crippen molar-refractivity contribution in [2.45, 2.75) is 12.3 Å². The number of benzene rings is 1. The van der Waals surface area contributed by atoms with Crippen LogP contribution in [0.1, 0.15) is 6.92 Å². The van der Waals surface area contributed by atoms with Crippen molar-refractivity contribution in [3.8, 4) is 0 Å². The molecular weight excluding hydrogens is 309 g/mol. The van der Waals surface area contributed by atoms with Crippen molar-refractivity contribution in [1.82, 2.24) is 10.3 Å². The van der Waals surface area contributed by atoms with Crippen molar-refractivity contribution in [3.05, 3.63) is 23.2 Å². The number of rotatable bonds is 2. The fraction of sp³-hybridized carbons (Fsp3) is 0.182. The number of thiazole rings is 1. The van der Waals surface area contributed by atoms with E-state index in [4.69, 9.17) is 23.2 Å². The molecule has 0 aliphatic heterocycles. The molecular formula is C11H9Cl2N3O2S. The highest BCUT2D eigenvalue weighted by atomic mass is 35.5. The number of nitrogens with one attached hydrogen (secondary N) is 2. The Morgan fingerprint density at radius 1 is 1.42 bits per heavy atom. The van der Waals surface area contributed by atoms with Crippen LogP contribution in [0.25, 0.3) is 10.2 Å². The maximum atomic E-state index is 11.5. The average molecular weight is 318 g/mol. The van der Waals surface area contributed by atoms with E-state index in [9.17, 15) is 9.59 Å². The van der Waals surface area contributed by atoms with Crippen molar-refractivity contribution in [2.75, 3.05) is 5.32 Å². The number of hydrogen-bond acceptors (Lipinski definition) is 4. The number of halogens is 2. The highest BCUT2D eigenvalue weighted by molar-refractivity contribution is 7.22. The Bertz CT molecular complexity index is 642. The van der Waals surface area contributed by atoms with E-state index in [0.717, 1.165) is 10.2 Å². The van der Waals surface area contributed by atoms with Gasteiger partial charge in [-0.3, -0.25) is 15.4 Å². The van der Waals surface area contributed by atoms with Crippen LogP contribution in [0.2, 0.25) is 5.02 Å². The summed E-state index contributed by atoms with van der Waals surface area (Å²) in [7, 11) is 0. The molecule has 0 saturated heterocycles. The van der Waals surface area contributed by atoms with E-state index in [1.54, 1.807) is 18.2 Å². The smallest absolute Gasteiger partial charge is 0.283 e. The first-order valence-electron chi connectivity index (χ1n) is 5.27. The van der Waals surface area contributed by atoms with E-state index in [-0.39, 0.29) is 0 Å². The first-order valence-corrected chi connectivity index (χ1v) is 6.91. The van der Waals surface area contributed by atoms with Crippen molar-refractivity contribution >= 4 is 61.8 Å². The minimum Gasteiger partial charge on any atom is -0.283 e. The zero-order valence-corrected chi connectivity index (χ0v) is 12.1. The third-order valence-corrected chi connectivity index (χ3v) is 3.54. The van der Waals surface area contributed by atoms with E-state index in [1.165, 1.54) is 18.3 Å². The lowest BCUT2D eigenvalue weighted by Gasteiger charge is -2.04. The van der Waals surface area contributed by atoms with Crippen LogP contribution >= 0.6 is 34.5 Å². The SMILES string of the molecule is CC(Cl)C(=O)NC(=O)Nc1nc2ccc(Cl)cc2s1. The molecule has 100 valence electrons. The molecule has 2 aromatic rings. The van der Waals surface area contributed by atoms with Gasteiger partial charge in [0.1, 0.15) is 5.38 Å². The first kappa shape index (κ1) is 14.0. The van der Waals surface area contributed by atoms with Gasteiger partial charge in [0.15, 0.2) is 5.13 Å². The van der Waals surface area contributed by atoms with E-state index < -0.39 is 17.3 Å². The summed E-state index contributed by atoms with van der Waals surface area (Å²) in [6.45, 7) is 1.48. The van der Waals surface area contributed by atoms with Crippen LogP contribution in [0.4, 0.5) is 9.93 Å². The highest BCUT2D eigenvalue weighted by Gasteiger charge is 2.14. The van der Waals surface area contributed by atoms with Crippen LogP contribution < -0.4 is 10.6 Å². The molecule has 0 spiro atoms. The zero-order chi connectivity index (χ0) is 14.0. The van der Waals surface area contributed by atoms with Crippen LogP contribution in [-0.4, -0.2) is 22.3 Å². The van der Waals surface area contributed by atoms with Crippen LogP contribution in [0.3, 0.4) is 0 Å². The number of imide groups is 1. The van der Waals surface area contributed by atoms with Gasteiger partial charge in [0.05, 0.1) is 10.2 Å². The van der Waals surface area contributed by atoms with Gasteiger partial charge in [0.2, 0.25) is 5.91 Å². The van der Waals surface area contributed by atoms with Gasteiger partial charge < -0.3 is 0 Å². The molecule has 2 rings (SSSR count). The Balaban J connectivity index is 2.09. The van der Waals surface area contributed by atoms with Gasteiger partial charge in [-0.15, -0.1) is 11.6 Å². The summed E-state index contributed by atoms with van der Waals surface area (Å²) in [5.74, 6) is -0.566. The maximum absolute atomic E-state index is 11.5. The van der Waals surface area contributed by atoms with Crippen LogP contribution in [0.15, 0.2) is 18.2 Å². The standard InChI is InChI=1S/C11H9Cl2N3O2S/c1-5(12)9(17)15-10(18)16-11-14-7-3-2-6(13)4-8(7)19-11/h2-5H,1H3,(H2,14,15,16,17,18). The van der Waals surface area contributed by atoms with E-state index in [2.05, 4.69) is 15.6 Å². The van der Waals surface area contributed by atoms with Gasteiger partial charge in [0.25, 0.3) is 0 Å². The highest BCUT2D eigenvalue weighted by Crippen LogP contribution is 2.28. The van der Waals surface area contributed by atoms with Gasteiger partial charge in [-0.25, -0.2) is 9.78 Å². The van der Waals surface area contributed by atoms with Crippen LogP contribution in [0, 0.1) is 0 Å².